The predicted molar refractivity (Wildman–Crippen MR) is 88.5 cm³/mol. The number of hydrogen-bond acceptors (Lipinski definition) is 2. The van der Waals surface area contributed by atoms with Crippen molar-refractivity contribution in [2.45, 2.75) is 33.1 Å². The number of anilines is 1. The Morgan fingerprint density at radius 2 is 1.95 bits per heavy atom. The molecule has 3 rings (SSSR count). The van der Waals surface area contributed by atoms with Crippen LogP contribution in [0.1, 0.15) is 34.2 Å². The Balaban J connectivity index is 2.00. The van der Waals surface area contributed by atoms with E-state index < -0.39 is 0 Å². The molecule has 2 nitrogen and oxygen atoms in total. The molecular formula is C19H23NO. The van der Waals surface area contributed by atoms with Crippen LogP contribution in [0, 0.1) is 13.8 Å². The van der Waals surface area contributed by atoms with E-state index >= 15 is 0 Å². The summed E-state index contributed by atoms with van der Waals surface area (Å²) in [7, 11) is 1.77. The summed E-state index contributed by atoms with van der Waals surface area (Å²) in [5.74, 6) is 1.03. The third-order valence-corrected chi connectivity index (χ3v) is 4.51. The first-order valence-electron chi connectivity index (χ1n) is 7.68. The van der Waals surface area contributed by atoms with E-state index in [0.717, 1.165) is 18.7 Å². The number of para-hydroxylation sites is 1. The third-order valence-electron chi connectivity index (χ3n) is 4.51. The zero-order chi connectivity index (χ0) is 14.8. The van der Waals surface area contributed by atoms with Crippen LogP contribution in [0.15, 0.2) is 30.3 Å². The Morgan fingerprint density at radius 3 is 2.76 bits per heavy atom. The lowest BCUT2D eigenvalue weighted by Crippen LogP contribution is -2.14. The highest BCUT2D eigenvalue weighted by Crippen LogP contribution is 2.32. The largest absolute Gasteiger partial charge is 0.496 e. The molecule has 0 radical (unpaired) electrons. The van der Waals surface area contributed by atoms with E-state index in [9.17, 15) is 0 Å². The highest BCUT2D eigenvalue weighted by molar-refractivity contribution is 5.61. The minimum Gasteiger partial charge on any atom is -0.496 e. The summed E-state index contributed by atoms with van der Waals surface area (Å²) in [5.41, 5.74) is 7.94. The van der Waals surface area contributed by atoms with Gasteiger partial charge in [0, 0.05) is 18.7 Å². The van der Waals surface area contributed by atoms with E-state index in [4.69, 9.17) is 4.74 Å². The van der Waals surface area contributed by atoms with Crippen molar-refractivity contribution in [2.75, 3.05) is 19.0 Å². The molecule has 0 unspecified atom stereocenters. The van der Waals surface area contributed by atoms with Gasteiger partial charge in [-0.2, -0.15) is 0 Å². The molecule has 0 amide bonds. The minimum absolute atomic E-state index is 0.917. The number of aryl methyl sites for hydroxylation is 2. The van der Waals surface area contributed by atoms with Crippen LogP contribution >= 0.6 is 0 Å². The molecule has 0 fully saturated rings. The molecule has 2 aromatic rings. The molecule has 0 aliphatic carbocycles. The summed E-state index contributed by atoms with van der Waals surface area (Å²) in [6.07, 6.45) is 3.32. The van der Waals surface area contributed by atoms with Crippen molar-refractivity contribution in [3.05, 3.63) is 58.1 Å². The molecule has 0 bridgehead atoms. The van der Waals surface area contributed by atoms with Gasteiger partial charge in [0.05, 0.1) is 7.11 Å². The number of nitrogens with one attached hydrogen (secondary N) is 1. The molecule has 1 N–H and O–H groups in total. The van der Waals surface area contributed by atoms with Crippen LogP contribution in [0.5, 0.6) is 5.75 Å². The van der Waals surface area contributed by atoms with Crippen LogP contribution in [0.4, 0.5) is 5.69 Å². The quantitative estimate of drug-likeness (QED) is 0.907. The second-order valence-electron chi connectivity index (χ2n) is 5.86. The van der Waals surface area contributed by atoms with Gasteiger partial charge in [-0.3, -0.25) is 0 Å². The fraction of sp³-hybridized carbons (Fsp3) is 0.368. The van der Waals surface area contributed by atoms with Gasteiger partial charge in [0.25, 0.3) is 0 Å². The second-order valence-corrected chi connectivity index (χ2v) is 5.86. The van der Waals surface area contributed by atoms with Gasteiger partial charge in [0.15, 0.2) is 0 Å². The summed E-state index contributed by atoms with van der Waals surface area (Å²) in [4.78, 5) is 0. The lowest BCUT2D eigenvalue weighted by Gasteiger charge is -2.22. The molecule has 21 heavy (non-hydrogen) atoms. The Labute approximate surface area is 127 Å². The number of rotatable bonds is 3. The van der Waals surface area contributed by atoms with Crippen molar-refractivity contribution in [2.24, 2.45) is 0 Å². The standard InChI is InChI=1S/C19H23NO/c1-13-9-10-17(19(21-3)14(13)2)12-16-7-4-6-15-8-5-11-20-18(15)16/h4,6-7,9-10,20H,5,8,11-12H2,1-3H3. The molecule has 2 heteroatoms. The predicted octanol–water partition coefficient (Wildman–Crippen LogP) is 4.26. The zero-order valence-corrected chi connectivity index (χ0v) is 13.1. The molecule has 110 valence electrons. The Kier molecular flexibility index (Phi) is 3.87. The van der Waals surface area contributed by atoms with E-state index in [2.05, 4.69) is 49.5 Å². The van der Waals surface area contributed by atoms with Gasteiger partial charge < -0.3 is 10.1 Å². The maximum absolute atomic E-state index is 5.65. The van der Waals surface area contributed by atoms with Crippen molar-refractivity contribution in [3.63, 3.8) is 0 Å². The number of benzene rings is 2. The lowest BCUT2D eigenvalue weighted by atomic mass is 9.94. The molecule has 1 aliphatic heterocycles. The van der Waals surface area contributed by atoms with Gasteiger partial charge in [0.2, 0.25) is 0 Å². The van der Waals surface area contributed by atoms with Crippen molar-refractivity contribution in [3.8, 4) is 5.75 Å². The van der Waals surface area contributed by atoms with Crippen molar-refractivity contribution in [1.82, 2.24) is 0 Å². The summed E-state index contributed by atoms with van der Waals surface area (Å²) in [6.45, 7) is 5.35. The Morgan fingerprint density at radius 1 is 1.10 bits per heavy atom. The molecular weight excluding hydrogens is 258 g/mol. The number of fused-ring (bicyclic) bond motifs is 1. The lowest BCUT2D eigenvalue weighted by molar-refractivity contribution is 0.407. The third kappa shape index (κ3) is 2.63. The molecule has 0 atom stereocenters. The van der Waals surface area contributed by atoms with E-state index in [1.807, 2.05) is 0 Å². The summed E-state index contributed by atoms with van der Waals surface area (Å²) < 4.78 is 5.65. The average molecular weight is 281 g/mol. The van der Waals surface area contributed by atoms with Gasteiger partial charge in [-0.25, -0.2) is 0 Å². The number of methoxy groups -OCH3 is 1. The Bertz CT molecular complexity index is 661. The minimum atomic E-state index is 0.917. The molecule has 0 saturated carbocycles. The fourth-order valence-electron chi connectivity index (χ4n) is 3.20. The SMILES string of the molecule is COc1c(Cc2cccc3c2NCCC3)ccc(C)c1C. The molecule has 1 heterocycles. The topological polar surface area (TPSA) is 21.3 Å². The van der Waals surface area contributed by atoms with Gasteiger partial charge in [-0.15, -0.1) is 0 Å². The smallest absolute Gasteiger partial charge is 0.125 e. The molecule has 2 aromatic carbocycles. The van der Waals surface area contributed by atoms with Crippen LogP contribution in [0.2, 0.25) is 0 Å². The zero-order valence-electron chi connectivity index (χ0n) is 13.1. The highest BCUT2D eigenvalue weighted by atomic mass is 16.5. The molecule has 0 spiro atoms. The highest BCUT2D eigenvalue weighted by Gasteiger charge is 2.15. The van der Waals surface area contributed by atoms with Crippen molar-refractivity contribution >= 4 is 5.69 Å². The summed E-state index contributed by atoms with van der Waals surface area (Å²) in [6, 6.07) is 11.0. The van der Waals surface area contributed by atoms with E-state index in [-0.39, 0.29) is 0 Å². The van der Waals surface area contributed by atoms with Crippen molar-refractivity contribution < 1.29 is 4.74 Å². The first kappa shape index (κ1) is 14.0. The number of ether oxygens (including phenoxy) is 1. The first-order chi connectivity index (χ1) is 10.2. The summed E-state index contributed by atoms with van der Waals surface area (Å²) in [5, 5.41) is 3.57. The van der Waals surface area contributed by atoms with Gasteiger partial charge in [0.1, 0.15) is 5.75 Å². The first-order valence-corrected chi connectivity index (χ1v) is 7.68. The number of hydrogen-bond donors (Lipinski definition) is 1. The summed E-state index contributed by atoms with van der Waals surface area (Å²) >= 11 is 0. The maximum atomic E-state index is 5.65. The van der Waals surface area contributed by atoms with Crippen LogP contribution in [-0.4, -0.2) is 13.7 Å². The van der Waals surface area contributed by atoms with Crippen LogP contribution in [-0.2, 0) is 12.8 Å². The van der Waals surface area contributed by atoms with Gasteiger partial charge >= 0.3 is 0 Å². The fourth-order valence-corrected chi connectivity index (χ4v) is 3.20. The average Bonchev–Trinajstić information content (AvgIpc) is 2.52. The van der Waals surface area contributed by atoms with Crippen LogP contribution < -0.4 is 10.1 Å². The van der Waals surface area contributed by atoms with Crippen LogP contribution in [0.25, 0.3) is 0 Å². The second kappa shape index (κ2) is 5.80. The van der Waals surface area contributed by atoms with Gasteiger partial charge in [-0.05, 0) is 54.5 Å². The normalized spacial score (nSPS) is 13.5. The van der Waals surface area contributed by atoms with Crippen molar-refractivity contribution in [1.29, 1.82) is 0 Å². The van der Waals surface area contributed by atoms with Crippen LogP contribution in [0.3, 0.4) is 0 Å². The van der Waals surface area contributed by atoms with E-state index in [1.165, 1.54) is 46.3 Å². The maximum Gasteiger partial charge on any atom is 0.125 e. The monoisotopic (exact) mass is 281 g/mol. The van der Waals surface area contributed by atoms with E-state index in [0.29, 0.717) is 0 Å². The Hall–Kier alpha value is -1.96. The molecule has 1 aliphatic rings. The molecule has 0 aromatic heterocycles. The molecule has 0 saturated heterocycles. The van der Waals surface area contributed by atoms with E-state index in [1.54, 1.807) is 7.11 Å². The van der Waals surface area contributed by atoms with Gasteiger partial charge in [-0.1, -0.05) is 30.3 Å².